The molecule has 0 aromatic rings. The van der Waals surface area contributed by atoms with Gasteiger partial charge in [-0.15, -0.1) is 0 Å². The van der Waals surface area contributed by atoms with Gasteiger partial charge in [0.2, 0.25) is 0 Å². The molecule has 1 aliphatic carbocycles. The summed E-state index contributed by atoms with van der Waals surface area (Å²) < 4.78 is 26.5. The molecule has 0 amide bonds. The van der Waals surface area contributed by atoms with E-state index in [1.165, 1.54) is 6.92 Å². The average molecular weight is 190 g/mol. The standard InChI is InChI=1S/C10H16F2O/c1-6-3-4-8(5-7(2)13)10(12)9(6)11/h6,8-10H,3-5H2,1-2H3. The van der Waals surface area contributed by atoms with Crippen LogP contribution in [0, 0.1) is 11.8 Å². The number of Topliss-reactive ketones (excluding diaryl/α,β-unsaturated/α-hetero) is 1. The van der Waals surface area contributed by atoms with Crippen molar-refractivity contribution in [2.24, 2.45) is 11.8 Å². The van der Waals surface area contributed by atoms with Crippen LogP contribution in [-0.2, 0) is 4.79 Å². The van der Waals surface area contributed by atoms with Crippen molar-refractivity contribution in [2.45, 2.75) is 45.5 Å². The number of rotatable bonds is 2. The Hall–Kier alpha value is -0.470. The van der Waals surface area contributed by atoms with Crippen LogP contribution >= 0.6 is 0 Å². The van der Waals surface area contributed by atoms with Crippen molar-refractivity contribution in [2.75, 3.05) is 0 Å². The topological polar surface area (TPSA) is 17.1 Å². The van der Waals surface area contributed by atoms with Crippen molar-refractivity contribution in [3.05, 3.63) is 0 Å². The van der Waals surface area contributed by atoms with Gasteiger partial charge in [-0.3, -0.25) is 0 Å². The second kappa shape index (κ2) is 4.16. The summed E-state index contributed by atoms with van der Waals surface area (Å²) >= 11 is 0. The van der Waals surface area contributed by atoms with E-state index in [9.17, 15) is 13.6 Å². The minimum absolute atomic E-state index is 0.0468. The number of alkyl halides is 2. The second-order valence-electron chi connectivity index (χ2n) is 4.11. The normalized spacial score (nSPS) is 40.3. The fourth-order valence-corrected chi connectivity index (χ4v) is 1.95. The Balaban J connectivity index is 2.53. The molecule has 76 valence electrons. The van der Waals surface area contributed by atoms with Crippen molar-refractivity contribution in [3.63, 3.8) is 0 Å². The highest BCUT2D eigenvalue weighted by Crippen LogP contribution is 2.35. The first-order valence-electron chi connectivity index (χ1n) is 4.80. The largest absolute Gasteiger partial charge is 0.300 e. The Morgan fingerprint density at radius 1 is 1.31 bits per heavy atom. The summed E-state index contributed by atoms with van der Waals surface area (Å²) in [5.74, 6) is -0.628. The molecule has 0 spiro atoms. The number of halogens is 2. The molecule has 4 unspecified atom stereocenters. The zero-order chi connectivity index (χ0) is 10.0. The Morgan fingerprint density at radius 3 is 2.46 bits per heavy atom. The van der Waals surface area contributed by atoms with Crippen molar-refractivity contribution < 1.29 is 13.6 Å². The molecule has 0 heterocycles. The molecule has 0 bridgehead atoms. The molecule has 0 aliphatic heterocycles. The molecule has 0 aromatic heterocycles. The zero-order valence-electron chi connectivity index (χ0n) is 8.09. The van der Waals surface area contributed by atoms with Crippen LogP contribution in [0.3, 0.4) is 0 Å². The SMILES string of the molecule is CC(=O)CC1CCC(C)C(F)C1F. The van der Waals surface area contributed by atoms with Crippen LogP contribution < -0.4 is 0 Å². The molecule has 1 rings (SSSR count). The maximum absolute atomic E-state index is 13.3. The molecule has 0 saturated heterocycles. The number of carbonyl (C=O) groups is 1. The van der Waals surface area contributed by atoms with Gasteiger partial charge in [0.1, 0.15) is 18.1 Å². The van der Waals surface area contributed by atoms with Crippen molar-refractivity contribution >= 4 is 5.78 Å². The number of carbonyl (C=O) groups excluding carboxylic acids is 1. The first-order valence-corrected chi connectivity index (χ1v) is 4.80. The summed E-state index contributed by atoms with van der Waals surface area (Å²) in [6, 6.07) is 0. The summed E-state index contributed by atoms with van der Waals surface area (Å²) in [5.41, 5.74) is 0. The highest BCUT2D eigenvalue weighted by atomic mass is 19.2. The lowest BCUT2D eigenvalue weighted by atomic mass is 9.78. The molecule has 13 heavy (non-hydrogen) atoms. The van der Waals surface area contributed by atoms with Crippen LogP contribution in [0.1, 0.15) is 33.1 Å². The summed E-state index contributed by atoms with van der Waals surface area (Å²) in [5, 5.41) is 0. The van der Waals surface area contributed by atoms with E-state index in [2.05, 4.69) is 0 Å². The fraction of sp³-hybridized carbons (Fsp3) is 0.900. The van der Waals surface area contributed by atoms with Crippen molar-refractivity contribution in [3.8, 4) is 0 Å². The van der Waals surface area contributed by atoms with Gasteiger partial charge in [0.05, 0.1) is 0 Å². The van der Waals surface area contributed by atoms with Gasteiger partial charge in [-0.1, -0.05) is 6.92 Å². The maximum atomic E-state index is 13.3. The third kappa shape index (κ3) is 2.48. The van der Waals surface area contributed by atoms with Gasteiger partial charge in [0.25, 0.3) is 0 Å². The second-order valence-corrected chi connectivity index (χ2v) is 4.11. The van der Waals surface area contributed by atoms with E-state index < -0.39 is 12.3 Å². The molecular formula is C10H16F2O. The fourth-order valence-electron chi connectivity index (χ4n) is 1.95. The minimum atomic E-state index is -1.44. The summed E-state index contributed by atoms with van der Waals surface area (Å²) in [6.45, 7) is 3.15. The molecule has 0 radical (unpaired) electrons. The molecule has 1 fully saturated rings. The van der Waals surface area contributed by atoms with Gasteiger partial charge < -0.3 is 4.79 Å². The smallest absolute Gasteiger partial charge is 0.135 e. The lowest BCUT2D eigenvalue weighted by Gasteiger charge is -2.32. The molecule has 3 heteroatoms. The molecular weight excluding hydrogens is 174 g/mol. The molecule has 4 atom stereocenters. The highest BCUT2D eigenvalue weighted by molar-refractivity contribution is 5.75. The van der Waals surface area contributed by atoms with Crippen LogP contribution in [0.4, 0.5) is 8.78 Å². The molecule has 1 saturated carbocycles. The van der Waals surface area contributed by atoms with E-state index >= 15 is 0 Å². The van der Waals surface area contributed by atoms with E-state index in [-0.39, 0.29) is 24.0 Å². The van der Waals surface area contributed by atoms with Crippen molar-refractivity contribution in [1.29, 1.82) is 0 Å². The highest BCUT2D eigenvalue weighted by Gasteiger charge is 2.38. The number of hydrogen-bond acceptors (Lipinski definition) is 1. The van der Waals surface area contributed by atoms with Crippen LogP contribution in [0.5, 0.6) is 0 Å². The number of hydrogen-bond donors (Lipinski definition) is 0. The van der Waals surface area contributed by atoms with E-state index in [1.54, 1.807) is 6.92 Å². The van der Waals surface area contributed by atoms with E-state index in [0.717, 1.165) is 0 Å². The van der Waals surface area contributed by atoms with Gasteiger partial charge in [-0.05, 0) is 31.6 Å². The van der Waals surface area contributed by atoms with Crippen LogP contribution in [0.2, 0.25) is 0 Å². The third-order valence-corrected chi connectivity index (χ3v) is 2.84. The lowest BCUT2D eigenvalue weighted by Crippen LogP contribution is -2.37. The average Bonchev–Trinajstić information content (AvgIpc) is 2.06. The third-order valence-electron chi connectivity index (χ3n) is 2.84. The Morgan fingerprint density at radius 2 is 1.92 bits per heavy atom. The first-order chi connectivity index (χ1) is 6.02. The van der Waals surface area contributed by atoms with Crippen molar-refractivity contribution in [1.82, 2.24) is 0 Å². The molecule has 0 N–H and O–H groups in total. The summed E-state index contributed by atoms with van der Waals surface area (Å²) in [6.07, 6.45) is -1.29. The van der Waals surface area contributed by atoms with Crippen LogP contribution in [0.25, 0.3) is 0 Å². The van der Waals surface area contributed by atoms with E-state index in [4.69, 9.17) is 0 Å². The van der Waals surface area contributed by atoms with E-state index in [1.807, 2.05) is 0 Å². The van der Waals surface area contributed by atoms with Gasteiger partial charge >= 0.3 is 0 Å². The van der Waals surface area contributed by atoms with Crippen LogP contribution in [0.15, 0.2) is 0 Å². The summed E-state index contributed by atoms with van der Waals surface area (Å²) in [4.78, 5) is 10.8. The minimum Gasteiger partial charge on any atom is -0.300 e. The Labute approximate surface area is 77.5 Å². The Bertz CT molecular complexity index is 193. The van der Waals surface area contributed by atoms with Gasteiger partial charge in [-0.2, -0.15) is 0 Å². The molecule has 1 nitrogen and oxygen atoms in total. The zero-order valence-corrected chi connectivity index (χ0v) is 8.09. The van der Waals surface area contributed by atoms with Gasteiger partial charge in [-0.25, -0.2) is 8.78 Å². The van der Waals surface area contributed by atoms with E-state index in [0.29, 0.717) is 12.8 Å². The maximum Gasteiger partial charge on any atom is 0.135 e. The molecule has 0 aromatic carbocycles. The monoisotopic (exact) mass is 190 g/mol. The Kier molecular flexibility index (Phi) is 3.40. The predicted molar refractivity (Wildman–Crippen MR) is 47.0 cm³/mol. The predicted octanol–water partition coefficient (Wildman–Crippen LogP) is 2.69. The van der Waals surface area contributed by atoms with Gasteiger partial charge in [0.15, 0.2) is 0 Å². The number of ketones is 1. The van der Waals surface area contributed by atoms with Gasteiger partial charge in [0, 0.05) is 6.42 Å². The lowest BCUT2D eigenvalue weighted by molar-refractivity contribution is -0.119. The molecule has 1 aliphatic rings. The summed E-state index contributed by atoms with van der Waals surface area (Å²) in [7, 11) is 0. The quantitative estimate of drug-likeness (QED) is 0.654. The first kappa shape index (κ1) is 10.6. The van der Waals surface area contributed by atoms with Crippen LogP contribution in [-0.4, -0.2) is 18.1 Å².